The number of Topliss-reactive ketones (excluding diaryl/α,β-unsaturated/α-hetero) is 1. The van der Waals surface area contributed by atoms with Gasteiger partial charge < -0.3 is 24.1 Å². The smallest absolute Gasteiger partial charge is 0.295 e. The Morgan fingerprint density at radius 2 is 2.00 bits per heavy atom. The Morgan fingerprint density at radius 1 is 1.17 bits per heavy atom. The molecule has 30 heavy (non-hydrogen) atoms. The van der Waals surface area contributed by atoms with Crippen molar-refractivity contribution in [3.8, 4) is 17.1 Å². The van der Waals surface area contributed by atoms with E-state index in [1.165, 1.54) is 12.1 Å². The number of H-pyrrole nitrogens is 1. The van der Waals surface area contributed by atoms with Crippen molar-refractivity contribution in [1.82, 2.24) is 9.97 Å². The number of imidazole rings is 1. The van der Waals surface area contributed by atoms with Crippen molar-refractivity contribution in [3.05, 3.63) is 41.4 Å². The standard InChI is InChI=1S/C22H20ClN3O4/c23-15-9-17-16(8-14(15)12-2-4-13(5-3-12)26-6-1-7-26)24-22(25-17)30-19-11-29-20-18(27)10-28-21(19)20/h2-5,8-9,19-21H,1,6-7,10-11H2,(H,24,25)/t19-,20-,21-/m1/s1. The maximum absolute atomic E-state index is 11.7. The number of ketones is 1. The minimum absolute atomic E-state index is 0.0349. The molecule has 2 aromatic carbocycles. The number of fused-ring (bicyclic) bond motifs is 2. The lowest BCUT2D eigenvalue weighted by Crippen LogP contribution is -2.36. The molecular formula is C22H20ClN3O4. The number of anilines is 1. The van der Waals surface area contributed by atoms with Gasteiger partial charge in [0.1, 0.15) is 18.8 Å². The zero-order valence-corrected chi connectivity index (χ0v) is 16.9. The summed E-state index contributed by atoms with van der Waals surface area (Å²) in [6.45, 7) is 2.61. The summed E-state index contributed by atoms with van der Waals surface area (Å²) in [6.07, 6.45) is -0.0228. The van der Waals surface area contributed by atoms with Crippen molar-refractivity contribution < 1.29 is 19.0 Å². The van der Waals surface area contributed by atoms with Crippen LogP contribution in [0.15, 0.2) is 36.4 Å². The summed E-state index contributed by atoms with van der Waals surface area (Å²) in [4.78, 5) is 21.8. The van der Waals surface area contributed by atoms with Crippen LogP contribution < -0.4 is 9.64 Å². The number of nitrogens with zero attached hydrogens (tertiary/aromatic N) is 2. The van der Waals surface area contributed by atoms with Crippen LogP contribution in [-0.2, 0) is 14.3 Å². The third-order valence-corrected chi connectivity index (χ3v) is 6.36. The Morgan fingerprint density at radius 3 is 2.77 bits per heavy atom. The second-order valence-corrected chi connectivity index (χ2v) is 8.34. The molecular weight excluding hydrogens is 406 g/mol. The lowest BCUT2D eigenvalue weighted by Gasteiger charge is -2.33. The van der Waals surface area contributed by atoms with Gasteiger partial charge in [-0.25, -0.2) is 0 Å². The molecule has 7 nitrogen and oxygen atoms in total. The average Bonchev–Trinajstić information content (AvgIpc) is 3.38. The van der Waals surface area contributed by atoms with Crippen LogP contribution in [0, 0.1) is 0 Å². The molecule has 4 heterocycles. The van der Waals surface area contributed by atoms with Crippen molar-refractivity contribution >= 4 is 34.1 Å². The molecule has 0 unspecified atom stereocenters. The van der Waals surface area contributed by atoms with Crippen molar-refractivity contribution in [1.29, 1.82) is 0 Å². The minimum atomic E-state index is -0.528. The highest BCUT2D eigenvalue weighted by Gasteiger charge is 2.48. The van der Waals surface area contributed by atoms with E-state index in [4.69, 9.17) is 25.8 Å². The SMILES string of the molecule is O=C1CO[C@H]2[C@@H]1OC[C@H]2Oc1nc2cc(-c3ccc(N4CCC4)cc3)c(Cl)cc2[nH]1. The number of aromatic amines is 1. The van der Waals surface area contributed by atoms with Crippen molar-refractivity contribution in [2.75, 3.05) is 31.2 Å². The van der Waals surface area contributed by atoms with E-state index < -0.39 is 6.10 Å². The van der Waals surface area contributed by atoms with Gasteiger partial charge in [-0.2, -0.15) is 4.98 Å². The summed E-state index contributed by atoms with van der Waals surface area (Å²) in [6, 6.07) is 12.6. The zero-order chi connectivity index (χ0) is 20.2. The average molecular weight is 426 g/mol. The number of halogens is 1. The molecule has 3 aliphatic rings. The van der Waals surface area contributed by atoms with Gasteiger partial charge in [0.05, 0.1) is 22.7 Å². The van der Waals surface area contributed by atoms with Gasteiger partial charge in [0, 0.05) is 24.3 Å². The monoisotopic (exact) mass is 425 g/mol. The fourth-order valence-electron chi connectivity index (χ4n) is 4.27. The van der Waals surface area contributed by atoms with Crippen LogP contribution in [0.5, 0.6) is 6.01 Å². The number of benzene rings is 2. The second kappa shape index (κ2) is 6.97. The summed E-state index contributed by atoms with van der Waals surface area (Å²) in [7, 11) is 0. The van der Waals surface area contributed by atoms with Gasteiger partial charge in [-0.05, 0) is 36.2 Å². The Labute approximate surface area is 177 Å². The first-order valence-corrected chi connectivity index (χ1v) is 10.5. The van der Waals surface area contributed by atoms with Gasteiger partial charge in [0.15, 0.2) is 11.9 Å². The molecule has 1 aromatic heterocycles. The molecule has 6 rings (SSSR count). The second-order valence-electron chi connectivity index (χ2n) is 7.93. The molecule has 0 aliphatic carbocycles. The lowest BCUT2D eigenvalue weighted by atomic mass is 10.0. The van der Waals surface area contributed by atoms with Crippen LogP contribution >= 0.6 is 11.6 Å². The molecule has 0 bridgehead atoms. The fraction of sp³-hybridized carbons (Fsp3) is 0.364. The third-order valence-electron chi connectivity index (χ3n) is 6.05. The van der Waals surface area contributed by atoms with Gasteiger partial charge in [0.2, 0.25) is 0 Å². The van der Waals surface area contributed by atoms with Crippen LogP contribution in [-0.4, -0.2) is 60.4 Å². The van der Waals surface area contributed by atoms with Crippen molar-refractivity contribution in [3.63, 3.8) is 0 Å². The van der Waals surface area contributed by atoms with Gasteiger partial charge in [-0.1, -0.05) is 23.7 Å². The first-order valence-electron chi connectivity index (χ1n) is 10.1. The molecule has 1 N–H and O–H groups in total. The minimum Gasteiger partial charge on any atom is -0.456 e. The molecule has 3 aromatic rings. The molecule has 3 aliphatic heterocycles. The summed E-state index contributed by atoms with van der Waals surface area (Å²) in [5.74, 6) is -0.0349. The van der Waals surface area contributed by atoms with E-state index in [0.717, 1.165) is 35.2 Å². The summed E-state index contributed by atoms with van der Waals surface area (Å²) < 4.78 is 17.0. The number of hydrogen-bond donors (Lipinski definition) is 1. The highest BCUT2D eigenvalue weighted by Crippen LogP contribution is 2.34. The molecule has 8 heteroatoms. The molecule has 0 spiro atoms. The maximum Gasteiger partial charge on any atom is 0.295 e. The molecule has 0 amide bonds. The van der Waals surface area contributed by atoms with Gasteiger partial charge >= 0.3 is 0 Å². The van der Waals surface area contributed by atoms with E-state index >= 15 is 0 Å². The van der Waals surface area contributed by atoms with E-state index in [-0.39, 0.29) is 24.6 Å². The Bertz CT molecular complexity index is 1130. The molecule has 3 atom stereocenters. The first-order chi connectivity index (χ1) is 14.7. The maximum atomic E-state index is 11.7. The zero-order valence-electron chi connectivity index (χ0n) is 16.1. The van der Waals surface area contributed by atoms with E-state index in [1.807, 2.05) is 12.1 Å². The van der Waals surface area contributed by atoms with E-state index in [9.17, 15) is 4.79 Å². The number of carbonyl (C=O) groups is 1. The Hall–Kier alpha value is -2.61. The summed E-state index contributed by atoms with van der Waals surface area (Å²) in [5.41, 5.74) is 4.75. The van der Waals surface area contributed by atoms with Crippen LogP contribution in [0.25, 0.3) is 22.2 Å². The Kier molecular flexibility index (Phi) is 4.23. The molecule has 154 valence electrons. The normalized spacial score (nSPS) is 25.6. The predicted octanol–water partition coefficient (Wildman–Crippen LogP) is 3.21. The van der Waals surface area contributed by atoms with Gasteiger partial charge in [0.25, 0.3) is 6.01 Å². The molecule has 3 fully saturated rings. The number of rotatable bonds is 4. The number of carbonyl (C=O) groups excluding carboxylic acids is 1. The predicted molar refractivity (Wildman–Crippen MR) is 112 cm³/mol. The van der Waals surface area contributed by atoms with E-state index in [2.05, 4.69) is 39.1 Å². The molecule has 0 saturated carbocycles. The molecule has 0 radical (unpaired) electrons. The first kappa shape index (κ1) is 18.2. The number of ether oxygens (including phenoxy) is 3. The van der Waals surface area contributed by atoms with Crippen LogP contribution in [0.1, 0.15) is 6.42 Å². The van der Waals surface area contributed by atoms with Crippen LogP contribution in [0.3, 0.4) is 0 Å². The number of hydrogen-bond acceptors (Lipinski definition) is 6. The van der Waals surface area contributed by atoms with Crippen molar-refractivity contribution in [2.45, 2.75) is 24.7 Å². The van der Waals surface area contributed by atoms with Gasteiger partial charge in [-0.15, -0.1) is 0 Å². The Balaban J connectivity index is 1.26. The topological polar surface area (TPSA) is 76.7 Å². The lowest BCUT2D eigenvalue weighted by molar-refractivity contribution is -0.125. The van der Waals surface area contributed by atoms with Crippen molar-refractivity contribution in [2.24, 2.45) is 0 Å². The van der Waals surface area contributed by atoms with Crippen LogP contribution in [0.2, 0.25) is 5.02 Å². The summed E-state index contributed by atoms with van der Waals surface area (Å²) in [5, 5.41) is 0.642. The highest BCUT2D eigenvalue weighted by atomic mass is 35.5. The third kappa shape index (κ3) is 2.96. The van der Waals surface area contributed by atoms with Gasteiger partial charge in [-0.3, -0.25) is 4.79 Å². The summed E-state index contributed by atoms with van der Waals surface area (Å²) >= 11 is 6.57. The largest absolute Gasteiger partial charge is 0.456 e. The number of nitrogens with one attached hydrogen (secondary N) is 1. The van der Waals surface area contributed by atoms with E-state index in [0.29, 0.717) is 17.6 Å². The van der Waals surface area contributed by atoms with E-state index in [1.54, 1.807) is 0 Å². The molecule has 3 saturated heterocycles. The quantitative estimate of drug-likeness (QED) is 0.691. The van der Waals surface area contributed by atoms with Crippen LogP contribution in [0.4, 0.5) is 5.69 Å². The highest BCUT2D eigenvalue weighted by molar-refractivity contribution is 6.34. The fourth-order valence-corrected chi connectivity index (χ4v) is 4.54. The number of aromatic nitrogens is 2.